The van der Waals surface area contributed by atoms with Gasteiger partial charge in [-0.25, -0.2) is 0 Å². The van der Waals surface area contributed by atoms with E-state index in [0.29, 0.717) is 6.61 Å². The predicted octanol–water partition coefficient (Wildman–Crippen LogP) is 1.91. The summed E-state index contributed by atoms with van der Waals surface area (Å²) in [5, 5.41) is 13.2. The first-order chi connectivity index (χ1) is 14.1. The lowest BCUT2D eigenvalue weighted by atomic mass is 9.95. The Bertz CT molecular complexity index is 801. The highest BCUT2D eigenvalue weighted by Gasteiger charge is 2.50. The van der Waals surface area contributed by atoms with Gasteiger partial charge < -0.3 is 29.4 Å². The van der Waals surface area contributed by atoms with E-state index in [4.69, 9.17) is 18.9 Å². The number of carbonyl (C=O) groups is 1. The van der Waals surface area contributed by atoms with Crippen LogP contribution in [0.4, 0.5) is 0 Å². The van der Waals surface area contributed by atoms with E-state index in [-0.39, 0.29) is 12.5 Å². The third-order valence-electron chi connectivity index (χ3n) is 5.09. The van der Waals surface area contributed by atoms with Crippen LogP contribution in [0.2, 0.25) is 0 Å². The van der Waals surface area contributed by atoms with Gasteiger partial charge in [-0.05, 0) is 5.56 Å². The molecule has 2 saturated heterocycles. The van der Waals surface area contributed by atoms with Gasteiger partial charge in [-0.3, -0.25) is 4.79 Å². The Hall–Kier alpha value is -2.29. The maximum Gasteiger partial charge on any atom is 0.217 e. The normalized spacial score (nSPS) is 31.7. The number of hydrogen-bond donors (Lipinski definition) is 2. The molecule has 2 aromatic rings. The fraction of sp³-hybridized carbons (Fsp3) is 0.409. The second kappa shape index (κ2) is 9.02. The maximum absolute atomic E-state index is 11.7. The minimum absolute atomic E-state index is 0.249. The van der Waals surface area contributed by atoms with Gasteiger partial charge in [0.15, 0.2) is 12.6 Å². The van der Waals surface area contributed by atoms with Crippen molar-refractivity contribution in [2.24, 2.45) is 0 Å². The van der Waals surface area contributed by atoms with Gasteiger partial charge in [-0.15, -0.1) is 0 Å². The zero-order chi connectivity index (χ0) is 20.2. The Balaban J connectivity index is 1.56. The summed E-state index contributed by atoms with van der Waals surface area (Å²) in [6.07, 6.45) is -3.42. The molecule has 6 atom stereocenters. The summed E-state index contributed by atoms with van der Waals surface area (Å²) in [6.45, 7) is 1.96. The largest absolute Gasteiger partial charge is 0.368 e. The fourth-order valence-electron chi connectivity index (χ4n) is 3.72. The topological polar surface area (TPSA) is 86.3 Å². The summed E-state index contributed by atoms with van der Waals surface area (Å²) >= 11 is 0. The van der Waals surface area contributed by atoms with Crippen molar-refractivity contribution in [3.05, 3.63) is 71.8 Å². The summed E-state index contributed by atoms with van der Waals surface area (Å²) in [4.78, 5) is 11.7. The van der Waals surface area contributed by atoms with Crippen LogP contribution >= 0.6 is 0 Å². The van der Waals surface area contributed by atoms with E-state index in [1.54, 1.807) is 0 Å². The first kappa shape index (κ1) is 20.0. The number of fused-ring (bicyclic) bond motifs is 1. The van der Waals surface area contributed by atoms with Crippen LogP contribution in [0.5, 0.6) is 0 Å². The number of aliphatic hydroxyl groups excluding tert-OH is 1. The molecule has 1 amide bonds. The molecule has 0 bridgehead atoms. The molecular weight excluding hydrogens is 374 g/mol. The van der Waals surface area contributed by atoms with Crippen LogP contribution in [0.15, 0.2) is 60.7 Å². The van der Waals surface area contributed by atoms with E-state index in [1.807, 2.05) is 60.7 Å². The molecule has 2 aromatic carbocycles. The molecule has 2 unspecified atom stereocenters. The van der Waals surface area contributed by atoms with Crippen molar-refractivity contribution >= 4 is 5.91 Å². The number of hydrogen-bond acceptors (Lipinski definition) is 6. The van der Waals surface area contributed by atoms with Crippen molar-refractivity contribution in [1.29, 1.82) is 0 Å². The molecule has 2 fully saturated rings. The van der Waals surface area contributed by atoms with E-state index < -0.39 is 36.9 Å². The first-order valence-corrected chi connectivity index (χ1v) is 9.70. The molecule has 154 valence electrons. The molecule has 7 heteroatoms. The molecule has 0 saturated carbocycles. The van der Waals surface area contributed by atoms with E-state index in [2.05, 4.69) is 5.32 Å². The third kappa shape index (κ3) is 4.66. The molecule has 0 spiro atoms. The Morgan fingerprint density at radius 2 is 1.79 bits per heavy atom. The third-order valence-corrected chi connectivity index (χ3v) is 5.09. The number of aliphatic hydroxyl groups is 1. The quantitative estimate of drug-likeness (QED) is 0.799. The van der Waals surface area contributed by atoms with Crippen molar-refractivity contribution in [3.63, 3.8) is 0 Å². The molecule has 0 aliphatic carbocycles. The standard InChI is InChI=1S/C22H25NO6/c1-14(24)23-18-20(26-12-15-8-4-2-5-9-15)19-17(28-21(18)25)13-27-22(29-19)16-10-6-3-7-11-16/h2-11,17-22,25H,12-13H2,1H3,(H,23,24)/t17-,18-,19-,20-,21?,22?/m1/s1. The minimum Gasteiger partial charge on any atom is -0.368 e. The highest BCUT2D eigenvalue weighted by Crippen LogP contribution is 2.35. The van der Waals surface area contributed by atoms with E-state index in [9.17, 15) is 9.90 Å². The molecule has 2 heterocycles. The summed E-state index contributed by atoms with van der Waals surface area (Å²) in [7, 11) is 0. The Morgan fingerprint density at radius 1 is 1.10 bits per heavy atom. The van der Waals surface area contributed by atoms with Gasteiger partial charge >= 0.3 is 0 Å². The van der Waals surface area contributed by atoms with Crippen LogP contribution < -0.4 is 5.32 Å². The van der Waals surface area contributed by atoms with E-state index in [1.165, 1.54) is 6.92 Å². The van der Waals surface area contributed by atoms with Gasteiger partial charge in [0.1, 0.15) is 24.4 Å². The lowest BCUT2D eigenvalue weighted by molar-refractivity contribution is -0.343. The second-order valence-electron chi connectivity index (χ2n) is 7.23. The number of rotatable bonds is 5. The molecule has 4 rings (SSSR count). The Labute approximate surface area is 169 Å². The SMILES string of the molecule is CC(=O)N[C@H]1C(O)O[C@@H]2COC(c3ccccc3)O[C@H]2[C@@H]1OCc1ccccc1. The van der Waals surface area contributed by atoms with Crippen LogP contribution in [-0.2, 0) is 30.3 Å². The van der Waals surface area contributed by atoms with Crippen molar-refractivity contribution in [2.75, 3.05) is 6.61 Å². The van der Waals surface area contributed by atoms with Crippen LogP contribution in [0.25, 0.3) is 0 Å². The summed E-state index contributed by atoms with van der Waals surface area (Å²) in [6, 6.07) is 18.6. The molecular formula is C22H25NO6. The van der Waals surface area contributed by atoms with Gasteiger partial charge in [0, 0.05) is 12.5 Å². The number of benzene rings is 2. The van der Waals surface area contributed by atoms with Crippen LogP contribution in [-0.4, -0.2) is 48.3 Å². The molecule has 0 radical (unpaired) electrons. The van der Waals surface area contributed by atoms with E-state index >= 15 is 0 Å². The number of nitrogens with one attached hydrogen (secondary N) is 1. The zero-order valence-electron chi connectivity index (χ0n) is 16.1. The highest BCUT2D eigenvalue weighted by molar-refractivity contribution is 5.73. The summed E-state index contributed by atoms with van der Waals surface area (Å²) in [5.74, 6) is -0.281. The Morgan fingerprint density at radius 3 is 2.48 bits per heavy atom. The van der Waals surface area contributed by atoms with Gasteiger partial charge in [0.25, 0.3) is 0 Å². The van der Waals surface area contributed by atoms with Crippen molar-refractivity contribution < 1.29 is 28.8 Å². The van der Waals surface area contributed by atoms with E-state index in [0.717, 1.165) is 11.1 Å². The number of carbonyl (C=O) groups excluding carboxylic acids is 1. The first-order valence-electron chi connectivity index (χ1n) is 9.70. The van der Waals surface area contributed by atoms with Crippen LogP contribution in [0.1, 0.15) is 24.3 Å². The number of amides is 1. The lowest BCUT2D eigenvalue weighted by Gasteiger charge is -2.48. The molecule has 29 heavy (non-hydrogen) atoms. The van der Waals surface area contributed by atoms with Crippen molar-refractivity contribution in [3.8, 4) is 0 Å². The average molecular weight is 399 g/mol. The summed E-state index contributed by atoms with van der Waals surface area (Å²) < 4.78 is 23.9. The molecule has 2 aliphatic heterocycles. The van der Waals surface area contributed by atoms with Gasteiger partial charge in [0.05, 0.1) is 13.2 Å². The minimum atomic E-state index is -1.22. The molecule has 2 N–H and O–H groups in total. The monoisotopic (exact) mass is 399 g/mol. The zero-order valence-corrected chi connectivity index (χ0v) is 16.1. The van der Waals surface area contributed by atoms with Crippen molar-refractivity contribution in [2.45, 2.75) is 50.5 Å². The summed E-state index contributed by atoms with van der Waals surface area (Å²) in [5.41, 5.74) is 1.87. The maximum atomic E-state index is 11.7. The second-order valence-corrected chi connectivity index (χ2v) is 7.23. The lowest BCUT2D eigenvalue weighted by Crippen LogP contribution is -2.66. The average Bonchev–Trinajstić information content (AvgIpc) is 2.74. The molecule has 2 aliphatic rings. The molecule has 0 aromatic heterocycles. The number of ether oxygens (including phenoxy) is 4. The predicted molar refractivity (Wildman–Crippen MR) is 104 cm³/mol. The van der Waals surface area contributed by atoms with Gasteiger partial charge in [-0.1, -0.05) is 60.7 Å². The fourth-order valence-corrected chi connectivity index (χ4v) is 3.72. The highest BCUT2D eigenvalue weighted by atomic mass is 16.7. The van der Waals surface area contributed by atoms with Crippen molar-refractivity contribution in [1.82, 2.24) is 5.32 Å². The van der Waals surface area contributed by atoms with Gasteiger partial charge in [0.2, 0.25) is 5.91 Å². The van der Waals surface area contributed by atoms with Crippen LogP contribution in [0, 0.1) is 0 Å². The van der Waals surface area contributed by atoms with Crippen LogP contribution in [0.3, 0.4) is 0 Å². The molecule has 7 nitrogen and oxygen atoms in total. The van der Waals surface area contributed by atoms with Gasteiger partial charge in [-0.2, -0.15) is 0 Å². The Kier molecular flexibility index (Phi) is 6.22. The smallest absolute Gasteiger partial charge is 0.217 e.